The van der Waals surface area contributed by atoms with E-state index in [0.29, 0.717) is 5.56 Å². The average Bonchev–Trinajstić information content (AvgIpc) is 3.14. The number of hydrogen-bond donors (Lipinski definition) is 3. The Morgan fingerprint density at radius 2 is 1.84 bits per heavy atom. The standard InChI is InChI=1S/C24H17N3O4/c1-13-21-14(9-10-18-17-7-2-3-8-20(17)26-22(18)21)11-19(23(13)28)24(29)25-15-5-4-6-16(12-15)27(30)31/h2-12,26,28H,1H3,(H,25,29). The van der Waals surface area contributed by atoms with E-state index in [1.54, 1.807) is 19.1 Å². The maximum Gasteiger partial charge on any atom is 0.271 e. The smallest absolute Gasteiger partial charge is 0.271 e. The fraction of sp³-hybridized carbons (Fsp3) is 0.0417. The predicted molar refractivity (Wildman–Crippen MR) is 121 cm³/mol. The second-order valence-electron chi connectivity index (χ2n) is 7.42. The molecule has 0 fully saturated rings. The number of carbonyl (C=O) groups is 1. The summed E-state index contributed by atoms with van der Waals surface area (Å²) in [6.45, 7) is 1.77. The normalized spacial score (nSPS) is 11.3. The quantitative estimate of drug-likeness (QED) is 0.263. The fourth-order valence-corrected chi connectivity index (χ4v) is 4.07. The average molecular weight is 411 g/mol. The van der Waals surface area contributed by atoms with E-state index in [4.69, 9.17) is 0 Å². The summed E-state index contributed by atoms with van der Waals surface area (Å²) >= 11 is 0. The molecule has 31 heavy (non-hydrogen) atoms. The number of nitro benzene ring substituents is 1. The molecule has 5 rings (SSSR count). The van der Waals surface area contributed by atoms with Gasteiger partial charge in [-0.3, -0.25) is 14.9 Å². The van der Waals surface area contributed by atoms with Crippen molar-refractivity contribution in [3.63, 3.8) is 0 Å². The monoisotopic (exact) mass is 411 g/mol. The number of phenols is 1. The molecule has 0 aliphatic heterocycles. The summed E-state index contributed by atoms with van der Waals surface area (Å²) < 4.78 is 0. The lowest BCUT2D eigenvalue weighted by atomic mass is 9.97. The van der Waals surface area contributed by atoms with Crippen molar-refractivity contribution in [2.24, 2.45) is 0 Å². The highest BCUT2D eigenvalue weighted by Gasteiger charge is 2.19. The number of anilines is 1. The van der Waals surface area contributed by atoms with Crippen molar-refractivity contribution in [2.45, 2.75) is 6.92 Å². The summed E-state index contributed by atoms with van der Waals surface area (Å²) in [5.74, 6) is -0.665. The molecule has 5 aromatic rings. The van der Waals surface area contributed by atoms with Gasteiger partial charge in [0.05, 0.1) is 16.0 Å². The van der Waals surface area contributed by atoms with Crippen LogP contribution in [0.5, 0.6) is 5.75 Å². The lowest BCUT2D eigenvalue weighted by Crippen LogP contribution is -2.12. The van der Waals surface area contributed by atoms with Crippen LogP contribution in [0, 0.1) is 17.0 Å². The van der Waals surface area contributed by atoms with E-state index in [-0.39, 0.29) is 22.7 Å². The molecule has 0 atom stereocenters. The van der Waals surface area contributed by atoms with Gasteiger partial charge in [-0.25, -0.2) is 0 Å². The third kappa shape index (κ3) is 2.95. The molecular weight excluding hydrogens is 394 g/mol. The van der Waals surface area contributed by atoms with Gasteiger partial charge in [0, 0.05) is 45.1 Å². The molecule has 0 bridgehead atoms. The fourth-order valence-electron chi connectivity index (χ4n) is 4.07. The van der Waals surface area contributed by atoms with Crippen molar-refractivity contribution in [1.82, 2.24) is 4.98 Å². The molecule has 0 aliphatic rings. The molecule has 152 valence electrons. The van der Waals surface area contributed by atoms with Gasteiger partial charge in [0.15, 0.2) is 0 Å². The number of aromatic hydroxyl groups is 1. The van der Waals surface area contributed by atoms with E-state index in [1.165, 1.54) is 18.2 Å². The summed E-state index contributed by atoms with van der Waals surface area (Å²) in [7, 11) is 0. The van der Waals surface area contributed by atoms with Crippen molar-refractivity contribution in [1.29, 1.82) is 0 Å². The van der Waals surface area contributed by atoms with Gasteiger partial charge in [-0.1, -0.05) is 36.4 Å². The number of hydrogen-bond acceptors (Lipinski definition) is 4. The number of fused-ring (bicyclic) bond motifs is 5. The van der Waals surface area contributed by atoms with Crippen molar-refractivity contribution in [2.75, 3.05) is 5.32 Å². The van der Waals surface area contributed by atoms with Crippen molar-refractivity contribution in [3.8, 4) is 5.75 Å². The highest BCUT2D eigenvalue weighted by molar-refractivity contribution is 6.20. The molecule has 0 saturated heterocycles. The zero-order valence-electron chi connectivity index (χ0n) is 16.5. The molecular formula is C24H17N3O4. The Kier molecular flexibility index (Phi) is 4.11. The van der Waals surface area contributed by atoms with Crippen molar-refractivity contribution >= 4 is 49.9 Å². The van der Waals surface area contributed by atoms with Gasteiger partial charge in [0.25, 0.3) is 11.6 Å². The molecule has 1 heterocycles. The van der Waals surface area contributed by atoms with E-state index in [9.17, 15) is 20.0 Å². The third-order valence-corrected chi connectivity index (χ3v) is 5.56. The minimum atomic E-state index is -0.542. The maximum absolute atomic E-state index is 12.9. The van der Waals surface area contributed by atoms with Crippen LogP contribution >= 0.6 is 0 Å². The Hall–Kier alpha value is -4.39. The molecule has 0 unspecified atom stereocenters. The number of phenolic OH excluding ortho intramolecular Hbond substituents is 1. The first-order chi connectivity index (χ1) is 14.9. The van der Waals surface area contributed by atoms with Crippen LogP contribution in [0.2, 0.25) is 0 Å². The highest BCUT2D eigenvalue weighted by atomic mass is 16.6. The van der Waals surface area contributed by atoms with Gasteiger partial charge in [0.1, 0.15) is 5.75 Å². The SMILES string of the molecule is Cc1c(O)c(C(=O)Nc2cccc([N+](=O)[O-])c2)cc2ccc3c4ccccc4[nH]c3c12. The van der Waals surface area contributed by atoms with Gasteiger partial charge < -0.3 is 15.4 Å². The number of nitro groups is 1. The van der Waals surface area contributed by atoms with Crippen LogP contribution in [0.25, 0.3) is 32.6 Å². The molecule has 0 spiro atoms. The van der Waals surface area contributed by atoms with Crippen LogP contribution < -0.4 is 5.32 Å². The molecule has 1 aromatic heterocycles. The van der Waals surface area contributed by atoms with Crippen LogP contribution in [0.4, 0.5) is 11.4 Å². The second-order valence-corrected chi connectivity index (χ2v) is 7.42. The number of carbonyl (C=O) groups excluding carboxylic acids is 1. The number of aromatic nitrogens is 1. The maximum atomic E-state index is 12.9. The largest absolute Gasteiger partial charge is 0.507 e. The number of aromatic amines is 1. The van der Waals surface area contributed by atoms with E-state index in [0.717, 1.165) is 32.6 Å². The number of nitrogens with zero attached hydrogens (tertiary/aromatic N) is 1. The number of rotatable bonds is 3. The minimum Gasteiger partial charge on any atom is -0.507 e. The predicted octanol–water partition coefficient (Wildman–Crippen LogP) is 5.65. The number of H-pyrrole nitrogens is 1. The Morgan fingerprint density at radius 1 is 1.03 bits per heavy atom. The van der Waals surface area contributed by atoms with E-state index in [1.807, 2.05) is 36.4 Å². The van der Waals surface area contributed by atoms with Crippen LogP contribution in [0.15, 0.2) is 66.7 Å². The molecule has 1 amide bonds. The third-order valence-electron chi connectivity index (χ3n) is 5.56. The zero-order valence-corrected chi connectivity index (χ0v) is 16.5. The molecule has 4 aromatic carbocycles. The van der Waals surface area contributed by atoms with E-state index >= 15 is 0 Å². The number of amides is 1. The number of para-hydroxylation sites is 1. The molecule has 0 aliphatic carbocycles. The van der Waals surface area contributed by atoms with Gasteiger partial charge in [0.2, 0.25) is 0 Å². The lowest BCUT2D eigenvalue weighted by molar-refractivity contribution is -0.384. The first kappa shape index (κ1) is 18.6. The number of aryl methyl sites for hydroxylation is 1. The number of nitrogens with one attached hydrogen (secondary N) is 2. The number of benzene rings is 4. The Morgan fingerprint density at radius 3 is 2.65 bits per heavy atom. The van der Waals surface area contributed by atoms with Crippen molar-refractivity contribution in [3.05, 3.63) is 88.0 Å². The molecule has 3 N–H and O–H groups in total. The summed E-state index contributed by atoms with van der Waals surface area (Å²) in [6.07, 6.45) is 0. The minimum absolute atomic E-state index is 0.104. The summed E-state index contributed by atoms with van der Waals surface area (Å²) in [6, 6.07) is 19.2. The van der Waals surface area contributed by atoms with Crippen LogP contribution in [0.3, 0.4) is 0 Å². The van der Waals surface area contributed by atoms with Gasteiger partial charge in [-0.05, 0) is 30.5 Å². The molecule has 0 radical (unpaired) electrons. The summed E-state index contributed by atoms with van der Waals surface area (Å²) in [4.78, 5) is 26.7. The highest BCUT2D eigenvalue weighted by Crippen LogP contribution is 2.38. The topological polar surface area (TPSA) is 108 Å². The Labute approximate surface area is 176 Å². The van der Waals surface area contributed by atoms with Crippen molar-refractivity contribution < 1.29 is 14.8 Å². The Balaban J connectivity index is 1.63. The van der Waals surface area contributed by atoms with Gasteiger partial charge >= 0.3 is 0 Å². The first-order valence-electron chi connectivity index (χ1n) is 9.65. The second kappa shape index (κ2) is 6.84. The van der Waals surface area contributed by atoms with Crippen LogP contribution in [-0.4, -0.2) is 20.9 Å². The van der Waals surface area contributed by atoms with Crippen LogP contribution in [0.1, 0.15) is 15.9 Å². The van der Waals surface area contributed by atoms with E-state index in [2.05, 4.69) is 10.3 Å². The lowest BCUT2D eigenvalue weighted by Gasteiger charge is -2.12. The van der Waals surface area contributed by atoms with Gasteiger partial charge in [-0.15, -0.1) is 0 Å². The van der Waals surface area contributed by atoms with Crippen LogP contribution in [-0.2, 0) is 0 Å². The summed E-state index contributed by atoms with van der Waals surface area (Å²) in [5.41, 5.74) is 2.74. The Bertz CT molecular complexity index is 1540. The summed E-state index contributed by atoms with van der Waals surface area (Å²) in [5, 5.41) is 28.2. The molecule has 7 heteroatoms. The molecule has 7 nitrogen and oxygen atoms in total. The molecule has 0 saturated carbocycles. The van der Waals surface area contributed by atoms with E-state index < -0.39 is 10.8 Å². The first-order valence-corrected chi connectivity index (χ1v) is 9.65. The van der Waals surface area contributed by atoms with Gasteiger partial charge in [-0.2, -0.15) is 0 Å². The zero-order chi connectivity index (χ0) is 21.7. The number of non-ortho nitro benzene ring substituents is 1.